The summed E-state index contributed by atoms with van der Waals surface area (Å²) in [5.74, 6) is 0. The Balaban J connectivity index is 2.18. The molecule has 124 valence electrons. The number of benzene rings is 1. The lowest BCUT2D eigenvalue weighted by Gasteiger charge is -2.21. The van der Waals surface area contributed by atoms with Crippen molar-refractivity contribution in [1.29, 1.82) is 0 Å². The van der Waals surface area contributed by atoms with Gasteiger partial charge in [-0.15, -0.1) is 20.4 Å². The van der Waals surface area contributed by atoms with E-state index in [0.29, 0.717) is 5.13 Å². The zero-order valence-corrected chi connectivity index (χ0v) is 15.6. The Morgan fingerprint density at radius 1 is 1.09 bits per heavy atom. The molecule has 1 aromatic heterocycles. The number of azo groups is 1. The molecule has 2 aromatic rings. The third-order valence-electron chi connectivity index (χ3n) is 3.61. The molecule has 0 atom stereocenters. The summed E-state index contributed by atoms with van der Waals surface area (Å²) in [6.45, 7) is 14.7. The van der Waals surface area contributed by atoms with Crippen LogP contribution in [0.2, 0.25) is 0 Å². The van der Waals surface area contributed by atoms with Crippen LogP contribution in [-0.4, -0.2) is 23.3 Å². The highest BCUT2D eigenvalue weighted by molar-refractivity contribution is 7.15. The van der Waals surface area contributed by atoms with Crippen LogP contribution < -0.4 is 4.90 Å². The molecular weight excluding hydrogens is 306 g/mol. The van der Waals surface area contributed by atoms with Crippen molar-refractivity contribution in [3.05, 3.63) is 28.8 Å². The Bertz CT molecular complexity index is 681. The Labute approximate surface area is 142 Å². The summed E-state index contributed by atoms with van der Waals surface area (Å²) >= 11 is 1.49. The Morgan fingerprint density at radius 2 is 1.78 bits per heavy atom. The van der Waals surface area contributed by atoms with E-state index in [2.05, 4.69) is 79.0 Å². The molecular formula is C17H25N5S. The number of hydrogen-bond donors (Lipinski definition) is 0. The van der Waals surface area contributed by atoms with Crippen LogP contribution in [0, 0.1) is 6.92 Å². The molecule has 0 radical (unpaired) electrons. The quantitative estimate of drug-likeness (QED) is 0.689. The molecule has 0 spiro atoms. The third-order valence-corrected chi connectivity index (χ3v) is 4.84. The number of aryl methyl sites for hydroxylation is 1. The summed E-state index contributed by atoms with van der Waals surface area (Å²) in [7, 11) is 0. The first-order valence-corrected chi connectivity index (χ1v) is 8.78. The van der Waals surface area contributed by atoms with Gasteiger partial charge in [0.1, 0.15) is 5.01 Å². The van der Waals surface area contributed by atoms with Crippen LogP contribution in [-0.2, 0) is 5.41 Å². The van der Waals surface area contributed by atoms with Gasteiger partial charge in [0.25, 0.3) is 5.13 Å². The molecule has 0 saturated heterocycles. The van der Waals surface area contributed by atoms with Crippen molar-refractivity contribution in [3.63, 3.8) is 0 Å². The summed E-state index contributed by atoms with van der Waals surface area (Å²) in [4.78, 5) is 2.31. The highest BCUT2D eigenvalue weighted by Gasteiger charge is 2.19. The van der Waals surface area contributed by atoms with Crippen molar-refractivity contribution in [3.8, 4) is 0 Å². The minimum Gasteiger partial charge on any atom is -0.372 e. The highest BCUT2D eigenvalue weighted by Crippen LogP contribution is 2.31. The van der Waals surface area contributed by atoms with Gasteiger partial charge >= 0.3 is 0 Å². The lowest BCUT2D eigenvalue weighted by atomic mass is 9.98. The molecule has 0 amide bonds. The monoisotopic (exact) mass is 331 g/mol. The third kappa shape index (κ3) is 4.34. The molecule has 0 aliphatic carbocycles. The fourth-order valence-electron chi connectivity index (χ4n) is 2.19. The van der Waals surface area contributed by atoms with E-state index in [9.17, 15) is 0 Å². The van der Waals surface area contributed by atoms with Crippen LogP contribution in [0.25, 0.3) is 0 Å². The fraction of sp³-hybridized carbons (Fsp3) is 0.529. The normalized spacial score (nSPS) is 12.1. The summed E-state index contributed by atoms with van der Waals surface area (Å²) < 4.78 is 0. The zero-order chi connectivity index (χ0) is 17.0. The lowest BCUT2D eigenvalue weighted by Crippen LogP contribution is -2.21. The average Bonchev–Trinajstić information content (AvgIpc) is 2.97. The van der Waals surface area contributed by atoms with Crippen LogP contribution >= 0.6 is 11.3 Å². The Kier molecular flexibility index (Phi) is 5.46. The smallest absolute Gasteiger partial charge is 0.251 e. The van der Waals surface area contributed by atoms with E-state index in [4.69, 9.17) is 0 Å². The molecule has 0 aliphatic rings. The van der Waals surface area contributed by atoms with Gasteiger partial charge in [0, 0.05) is 24.2 Å². The van der Waals surface area contributed by atoms with E-state index in [1.807, 2.05) is 6.07 Å². The molecule has 0 aliphatic heterocycles. The second kappa shape index (κ2) is 7.17. The van der Waals surface area contributed by atoms with Crippen molar-refractivity contribution < 1.29 is 0 Å². The molecule has 5 nitrogen and oxygen atoms in total. The topological polar surface area (TPSA) is 53.7 Å². The Morgan fingerprint density at radius 3 is 2.30 bits per heavy atom. The molecule has 6 heteroatoms. The number of aromatic nitrogens is 2. The van der Waals surface area contributed by atoms with Crippen molar-refractivity contribution in [2.24, 2.45) is 10.2 Å². The van der Waals surface area contributed by atoms with Gasteiger partial charge in [0.05, 0.1) is 5.69 Å². The van der Waals surface area contributed by atoms with Gasteiger partial charge in [-0.1, -0.05) is 32.1 Å². The molecule has 2 rings (SSSR count). The largest absolute Gasteiger partial charge is 0.372 e. The number of hydrogen-bond acceptors (Lipinski definition) is 6. The highest BCUT2D eigenvalue weighted by atomic mass is 32.1. The second-order valence-electron chi connectivity index (χ2n) is 6.48. The van der Waals surface area contributed by atoms with Crippen LogP contribution in [0.1, 0.15) is 45.2 Å². The molecule has 1 heterocycles. The molecule has 23 heavy (non-hydrogen) atoms. The Hall–Kier alpha value is -1.82. The van der Waals surface area contributed by atoms with Gasteiger partial charge in [-0.3, -0.25) is 0 Å². The van der Waals surface area contributed by atoms with Gasteiger partial charge in [-0.05, 0) is 44.5 Å². The molecule has 0 N–H and O–H groups in total. The van der Waals surface area contributed by atoms with Gasteiger partial charge in [-0.25, -0.2) is 0 Å². The summed E-state index contributed by atoms with van der Waals surface area (Å²) in [5, 5.41) is 18.4. The minimum atomic E-state index is -0.00718. The first kappa shape index (κ1) is 17.5. The molecule has 0 saturated carbocycles. The molecule has 0 fully saturated rings. The maximum Gasteiger partial charge on any atom is 0.251 e. The van der Waals surface area contributed by atoms with Crippen LogP contribution in [0.5, 0.6) is 0 Å². The minimum absolute atomic E-state index is 0.00718. The first-order chi connectivity index (χ1) is 10.8. The van der Waals surface area contributed by atoms with E-state index >= 15 is 0 Å². The summed E-state index contributed by atoms with van der Waals surface area (Å²) in [6.07, 6.45) is 0. The lowest BCUT2D eigenvalue weighted by molar-refractivity contribution is 0.578. The fourth-order valence-corrected chi connectivity index (χ4v) is 2.92. The SMILES string of the molecule is CCN(CC)c1ccc(N=Nc2nnc(C(C)(C)C)s2)c(C)c1. The summed E-state index contributed by atoms with van der Waals surface area (Å²) in [5.41, 5.74) is 3.19. The standard InChI is InChI=1S/C17H25N5S/c1-7-22(8-2)13-9-10-14(12(3)11-13)18-20-16-21-19-15(23-16)17(4,5)6/h9-11H,7-8H2,1-6H3. The van der Waals surface area contributed by atoms with Crippen molar-refractivity contribution >= 4 is 27.8 Å². The first-order valence-electron chi connectivity index (χ1n) is 7.96. The van der Waals surface area contributed by atoms with Crippen molar-refractivity contribution in [1.82, 2.24) is 10.2 Å². The number of rotatable bonds is 5. The van der Waals surface area contributed by atoms with E-state index < -0.39 is 0 Å². The predicted molar refractivity (Wildman–Crippen MR) is 97.5 cm³/mol. The van der Waals surface area contributed by atoms with Crippen LogP contribution in [0.3, 0.4) is 0 Å². The molecule has 0 unspecified atom stereocenters. The van der Waals surface area contributed by atoms with E-state index in [-0.39, 0.29) is 5.41 Å². The molecule has 0 bridgehead atoms. The maximum atomic E-state index is 4.34. The van der Waals surface area contributed by atoms with Crippen molar-refractivity contribution in [2.75, 3.05) is 18.0 Å². The van der Waals surface area contributed by atoms with E-state index in [0.717, 1.165) is 29.3 Å². The second-order valence-corrected chi connectivity index (χ2v) is 7.44. The van der Waals surface area contributed by atoms with E-state index in [1.54, 1.807) is 0 Å². The van der Waals surface area contributed by atoms with Gasteiger partial charge < -0.3 is 4.90 Å². The van der Waals surface area contributed by atoms with Gasteiger partial charge in [0.15, 0.2) is 0 Å². The zero-order valence-electron chi connectivity index (χ0n) is 14.8. The van der Waals surface area contributed by atoms with E-state index in [1.165, 1.54) is 17.0 Å². The maximum absolute atomic E-state index is 4.34. The van der Waals surface area contributed by atoms with Gasteiger partial charge in [0.2, 0.25) is 0 Å². The number of nitrogens with zero attached hydrogens (tertiary/aromatic N) is 5. The summed E-state index contributed by atoms with van der Waals surface area (Å²) in [6, 6.07) is 6.26. The predicted octanol–water partition coefficient (Wildman–Crippen LogP) is 5.41. The van der Waals surface area contributed by atoms with Crippen LogP contribution in [0.4, 0.5) is 16.5 Å². The number of anilines is 1. The van der Waals surface area contributed by atoms with Gasteiger partial charge in [-0.2, -0.15) is 0 Å². The average molecular weight is 331 g/mol. The van der Waals surface area contributed by atoms with Crippen molar-refractivity contribution in [2.45, 2.75) is 47.0 Å². The molecule has 1 aromatic carbocycles. The van der Waals surface area contributed by atoms with Crippen LogP contribution in [0.15, 0.2) is 28.4 Å².